The van der Waals surface area contributed by atoms with Gasteiger partial charge in [-0.25, -0.2) is 0 Å². The van der Waals surface area contributed by atoms with Crippen LogP contribution in [0.2, 0.25) is 0 Å². The molecule has 8 nitrogen and oxygen atoms in total. The molecule has 0 aromatic heterocycles. The molecule has 0 aliphatic carbocycles. The van der Waals surface area contributed by atoms with E-state index in [1.807, 2.05) is 23.1 Å². The quantitative estimate of drug-likeness (QED) is 0.775. The van der Waals surface area contributed by atoms with E-state index in [2.05, 4.69) is 29.4 Å². The first kappa shape index (κ1) is 20.7. The molecule has 0 bridgehead atoms. The number of rotatable bonds is 3. The molecule has 0 saturated carbocycles. The van der Waals surface area contributed by atoms with Gasteiger partial charge in [0, 0.05) is 57.3 Å². The van der Waals surface area contributed by atoms with E-state index in [0.29, 0.717) is 50.5 Å². The fraction of sp³-hybridized carbons (Fsp3) is 0.591. The molecule has 1 spiro atoms. The SMILES string of the molecule is CC(C)N1CCN(C(=O)CN2CCC3(CCC2=O)NC(=O)c2ccccc2N3)CC1. The number of benzene rings is 1. The number of hydrogen-bond donors (Lipinski definition) is 2. The van der Waals surface area contributed by atoms with Crippen LogP contribution in [0, 0.1) is 0 Å². The summed E-state index contributed by atoms with van der Waals surface area (Å²) in [6.07, 6.45) is 1.36. The smallest absolute Gasteiger partial charge is 0.255 e. The molecule has 162 valence electrons. The molecule has 3 aliphatic heterocycles. The minimum absolute atomic E-state index is 0.00805. The first-order valence-electron chi connectivity index (χ1n) is 10.9. The first-order chi connectivity index (χ1) is 14.4. The van der Waals surface area contributed by atoms with Crippen LogP contribution >= 0.6 is 0 Å². The topological polar surface area (TPSA) is 85.0 Å². The third kappa shape index (κ3) is 4.14. The lowest BCUT2D eigenvalue weighted by Crippen LogP contribution is -2.58. The third-order valence-electron chi connectivity index (χ3n) is 6.55. The van der Waals surface area contributed by atoms with Gasteiger partial charge in [0.2, 0.25) is 11.8 Å². The summed E-state index contributed by atoms with van der Waals surface area (Å²) in [5.74, 6) is -0.144. The predicted octanol–water partition coefficient (Wildman–Crippen LogP) is 1.10. The van der Waals surface area contributed by atoms with Crippen LogP contribution in [0.1, 0.15) is 43.5 Å². The number of fused-ring (bicyclic) bond motifs is 1. The van der Waals surface area contributed by atoms with Crippen LogP contribution in [0.3, 0.4) is 0 Å². The Morgan fingerprint density at radius 3 is 2.50 bits per heavy atom. The van der Waals surface area contributed by atoms with Crippen LogP contribution in [0.25, 0.3) is 0 Å². The number of nitrogens with one attached hydrogen (secondary N) is 2. The summed E-state index contributed by atoms with van der Waals surface area (Å²) in [6.45, 7) is 8.03. The van der Waals surface area contributed by atoms with Crippen LogP contribution in [0.4, 0.5) is 5.69 Å². The molecule has 3 heterocycles. The van der Waals surface area contributed by atoms with Crippen LogP contribution in [-0.4, -0.2) is 83.4 Å². The summed E-state index contributed by atoms with van der Waals surface area (Å²) < 4.78 is 0. The van der Waals surface area contributed by atoms with Gasteiger partial charge in [-0.1, -0.05) is 12.1 Å². The minimum atomic E-state index is -0.651. The molecule has 0 radical (unpaired) electrons. The van der Waals surface area contributed by atoms with Crippen molar-refractivity contribution in [3.8, 4) is 0 Å². The molecule has 3 amide bonds. The molecule has 2 saturated heterocycles. The standard InChI is InChI=1S/C22H31N5O3/c1-16(2)25-11-13-26(14-12-25)20(29)15-27-10-9-22(8-7-19(27)28)23-18-6-4-3-5-17(18)21(30)24-22/h3-6,16,23H,7-15H2,1-2H3,(H,24,30). The molecule has 2 N–H and O–H groups in total. The van der Waals surface area contributed by atoms with Crippen molar-refractivity contribution in [2.45, 2.75) is 44.8 Å². The van der Waals surface area contributed by atoms with E-state index in [1.54, 1.807) is 11.0 Å². The Balaban J connectivity index is 1.38. The highest BCUT2D eigenvalue weighted by Gasteiger charge is 2.40. The largest absolute Gasteiger partial charge is 0.362 e. The van der Waals surface area contributed by atoms with Crippen molar-refractivity contribution in [1.29, 1.82) is 0 Å². The van der Waals surface area contributed by atoms with E-state index in [0.717, 1.165) is 18.8 Å². The summed E-state index contributed by atoms with van der Waals surface area (Å²) >= 11 is 0. The zero-order valence-corrected chi connectivity index (χ0v) is 17.8. The van der Waals surface area contributed by atoms with Gasteiger partial charge in [0.05, 0.1) is 12.1 Å². The van der Waals surface area contributed by atoms with E-state index >= 15 is 0 Å². The number of amides is 3. The number of carbonyl (C=O) groups excluding carboxylic acids is 3. The second kappa shape index (κ2) is 8.26. The van der Waals surface area contributed by atoms with Gasteiger partial charge in [0.15, 0.2) is 0 Å². The number of hydrogen-bond acceptors (Lipinski definition) is 5. The third-order valence-corrected chi connectivity index (χ3v) is 6.55. The molecule has 30 heavy (non-hydrogen) atoms. The molecule has 4 rings (SSSR count). The summed E-state index contributed by atoms with van der Waals surface area (Å²) in [7, 11) is 0. The fourth-order valence-electron chi connectivity index (χ4n) is 4.59. The summed E-state index contributed by atoms with van der Waals surface area (Å²) in [5, 5.41) is 6.52. The van der Waals surface area contributed by atoms with Crippen molar-refractivity contribution >= 4 is 23.4 Å². The lowest BCUT2D eigenvalue weighted by atomic mass is 9.95. The van der Waals surface area contributed by atoms with Crippen molar-refractivity contribution in [1.82, 2.24) is 20.0 Å². The van der Waals surface area contributed by atoms with E-state index < -0.39 is 5.66 Å². The number of carbonyl (C=O) groups is 3. The Morgan fingerprint density at radius 2 is 1.77 bits per heavy atom. The first-order valence-corrected chi connectivity index (χ1v) is 10.9. The van der Waals surface area contributed by atoms with Crippen molar-refractivity contribution in [3.63, 3.8) is 0 Å². The zero-order chi connectivity index (χ0) is 21.3. The Bertz CT molecular complexity index is 834. The Hall–Kier alpha value is -2.61. The second-order valence-electron chi connectivity index (χ2n) is 8.78. The molecule has 1 aromatic rings. The Morgan fingerprint density at radius 1 is 1.03 bits per heavy atom. The van der Waals surface area contributed by atoms with Gasteiger partial charge in [-0.05, 0) is 32.4 Å². The van der Waals surface area contributed by atoms with E-state index in [-0.39, 0.29) is 24.3 Å². The van der Waals surface area contributed by atoms with Crippen molar-refractivity contribution < 1.29 is 14.4 Å². The molecule has 1 unspecified atom stereocenters. The average molecular weight is 414 g/mol. The second-order valence-corrected chi connectivity index (χ2v) is 8.78. The zero-order valence-electron chi connectivity index (χ0n) is 17.8. The summed E-state index contributed by atoms with van der Waals surface area (Å²) in [6, 6.07) is 7.89. The summed E-state index contributed by atoms with van der Waals surface area (Å²) in [4.78, 5) is 44.0. The van der Waals surface area contributed by atoms with Crippen LogP contribution in [0.15, 0.2) is 24.3 Å². The molecule has 8 heteroatoms. The van der Waals surface area contributed by atoms with Crippen molar-refractivity contribution in [2.75, 3.05) is 44.6 Å². The van der Waals surface area contributed by atoms with E-state index in [9.17, 15) is 14.4 Å². The van der Waals surface area contributed by atoms with Gasteiger partial charge in [-0.15, -0.1) is 0 Å². The van der Waals surface area contributed by atoms with Gasteiger partial charge in [0.25, 0.3) is 5.91 Å². The lowest BCUT2D eigenvalue weighted by Gasteiger charge is -2.40. The monoisotopic (exact) mass is 413 g/mol. The van der Waals surface area contributed by atoms with Gasteiger partial charge in [-0.3, -0.25) is 19.3 Å². The van der Waals surface area contributed by atoms with Crippen molar-refractivity contribution in [2.24, 2.45) is 0 Å². The van der Waals surface area contributed by atoms with Crippen LogP contribution in [-0.2, 0) is 9.59 Å². The minimum Gasteiger partial charge on any atom is -0.362 e. The maximum absolute atomic E-state index is 12.8. The van der Waals surface area contributed by atoms with Gasteiger partial charge < -0.3 is 20.4 Å². The lowest BCUT2D eigenvalue weighted by molar-refractivity contribution is -0.141. The Labute approximate surface area is 177 Å². The van der Waals surface area contributed by atoms with Crippen LogP contribution in [0.5, 0.6) is 0 Å². The van der Waals surface area contributed by atoms with Gasteiger partial charge in [0.1, 0.15) is 5.66 Å². The van der Waals surface area contributed by atoms with Crippen molar-refractivity contribution in [3.05, 3.63) is 29.8 Å². The van der Waals surface area contributed by atoms with Crippen LogP contribution < -0.4 is 10.6 Å². The molecule has 3 aliphatic rings. The number of piperazine rings is 1. The number of likely N-dealkylation sites (tertiary alicyclic amines) is 1. The molecular formula is C22H31N5O3. The van der Waals surface area contributed by atoms with E-state index in [1.165, 1.54) is 0 Å². The van der Waals surface area contributed by atoms with Gasteiger partial charge in [-0.2, -0.15) is 0 Å². The fourth-order valence-corrected chi connectivity index (χ4v) is 4.59. The number of para-hydroxylation sites is 1. The average Bonchev–Trinajstić information content (AvgIpc) is 2.88. The predicted molar refractivity (Wildman–Crippen MR) is 114 cm³/mol. The normalized spacial score (nSPS) is 25.0. The highest BCUT2D eigenvalue weighted by Crippen LogP contribution is 2.31. The van der Waals surface area contributed by atoms with Gasteiger partial charge >= 0.3 is 0 Å². The molecule has 2 fully saturated rings. The summed E-state index contributed by atoms with van der Waals surface area (Å²) in [5.41, 5.74) is 0.759. The number of anilines is 1. The maximum atomic E-state index is 12.8. The molecular weight excluding hydrogens is 382 g/mol. The number of nitrogens with zero attached hydrogens (tertiary/aromatic N) is 3. The van der Waals surface area contributed by atoms with E-state index in [4.69, 9.17) is 0 Å². The Kier molecular flexibility index (Phi) is 5.69. The highest BCUT2D eigenvalue weighted by molar-refractivity contribution is 6.02. The molecule has 1 atom stereocenters. The maximum Gasteiger partial charge on any atom is 0.255 e. The molecule has 1 aromatic carbocycles. The highest BCUT2D eigenvalue weighted by atomic mass is 16.2.